The fourth-order valence-corrected chi connectivity index (χ4v) is 1.60. The summed E-state index contributed by atoms with van der Waals surface area (Å²) in [5, 5.41) is 0.551. The Morgan fingerprint density at radius 1 is 1.50 bits per heavy atom. The van der Waals surface area contributed by atoms with Crippen molar-refractivity contribution in [2.45, 2.75) is 13.3 Å². The lowest BCUT2D eigenvalue weighted by molar-refractivity contribution is 0.540. The Labute approximate surface area is 101 Å². The van der Waals surface area contributed by atoms with E-state index in [4.69, 9.17) is 17.3 Å². The maximum Gasteiger partial charge on any atom is 0.146 e. The molecule has 0 radical (unpaired) electrons. The molecule has 0 aliphatic carbocycles. The summed E-state index contributed by atoms with van der Waals surface area (Å²) in [5.41, 5.74) is 6.08. The van der Waals surface area contributed by atoms with Crippen molar-refractivity contribution < 1.29 is 4.39 Å². The molecule has 1 unspecified atom stereocenters. The monoisotopic (exact) mass is 244 g/mol. The van der Waals surface area contributed by atoms with Gasteiger partial charge in [0.2, 0.25) is 0 Å². The lowest BCUT2D eigenvalue weighted by Gasteiger charge is -2.21. The molecule has 1 atom stereocenters. The van der Waals surface area contributed by atoms with Crippen LogP contribution in [0.5, 0.6) is 0 Å². The van der Waals surface area contributed by atoms with Gasteiger partial charge >= 0.3 is 0 Å². The fraction of sp³-hybridized carbons (Fsp3) is 0.500. The van der Waals surface area contributed by atoms with Gasteiger partial charge in [0.05, 0.1) is 5.69 Å². The summed E-state index contributed by atoms with van der Waals surface area (Å²) in [6.07, 6.45) is 0.943. The molecule has 0 fully saturated rings. The minimum Gasteiger partial charge on any atom is -0.372 e. The van der Waals surface area contributed by atoms with Crippen LogP contribution in [-0.2, 0) is 0 Å². The van der Waals surface area contributed by atoms with Gasteiger partial charge in [0.1, 0.15) is 5.82 Å². The molecule has 0 aromatic heterocycles. The van der Waals surface area contributed by atoms with Crippen LogP contribution in [0.3, 0.4) is 0 Å². The molecule has 0 bridgehead atoms. The summed E-state index contributed by atoms with van der Waals surface area (Å²) in [6.45, 7) is 3.52. The first-order valence-corrected chi connectivity index (χ1v) is 5.78. The third kappa shape index (κ3) is 3.65. The van der Waals surface area contributed by atoms with Crippen molar-refractivity contribution in [2.75, 3.05) is 25.0 Å². The maximum absolute atomic E-state index is 13.5. The van der Waals surface area contributed by atoms with Crippen LogP contribution in [-0.4, -0.2) is 20.1 Å². The van der Waals surface area contributed by atoms with Crippen LogP contribution in [0.4, 0.5) is 10.1 Å². The summed E-state index contributed by atoms with van der Waals surface area (Å²) in [7, 11) is 1.86. The van der Waals surface area contributed by atoms with Crippen molar-refractivity contribution in [2.24, 2.45) is 11.7 Å². The molecule has 0 saturated heterocycles. The van der Waals surface area contributed by atoms with Gasteiger partial charge in [-0.3, -0.25) is 0 Å². The number of nitrogens with two attached hydrogens (primary N) is 1. The van der Waals surface area contributed by atoms with Gasteiger partial charge in [-0.05, 0) is 37.1 Å². The first-order chi connectivity index (χ1) is 7.54. The van der Waals surface area contributed by atoms with Crippen molar-refractivity contribution in [1.29, 1.82) is 0 Å². The molecular formula is C12H18ClFN2. The Morgan fingerprint density at radius 2 is 2.19 bits per heavy atom. The van der Waals surface area contributed by atoms with E-state index in [9.17, 15) is 4.39 Å². The lowest BCUT2D eigenvalue weighted by atomic mass is 10.1. The second-order valence-corrected chi connectivity index (χ2v) is 4.58. The normalized spacial score (nSPS) is 12.6. The molecule has 0 heterocycles. The summed E-state index contributed by atoms with van der Waals surface area (Å²) in [5.74, 6) is 0.206. The van der Waals surface area contributed by atoms with E-state index in [1.165, 1.54) is 6.07 Å². The quantitative estimate of drug-likeness (QED) is 0.863. The third-order valence-corrected chi connectivity index (χ3v) is 2.91. The Kier molecular flexibility index (Phi) is 5.03. The SMILES string of the molecule is CC(CN)CCN(C)c1cc(Cl)ccc1F. The van der Waals surface area contributed by atoms with Crippen LogP contribution in [0.1, 0.15) is 13.3 Å². The average Bonchev–Trinajstić information content (AvgIpc) is 2.28. The minimum atomic E-state index is -0.243. The smallest absolute Gasteiger partial charge is 0.146 e. The van der Waals surface area contributed by atoms with Gasteiger partial charge in [-0.2, -0.15) is 0 Å². The second-order valence-electron chi connectivity index (χ2n) is 4.15. The summed E-state index contributed by atoms with van der Waals surface area (Å²) in [4.78, 5) is 1.87. The predicted octanol–water partition coefficient (Wildman–Crippen LogP) is 2.90. The molecule has 90 valence electrons. The minimum absolute atomic E-state index is 0.243. The van der Waals surface area contributed by atoms with Crippen LogP contribution in [0, 0.1) is 11.7 Å². The van der Waals surface area contributed by atoms with Gasteiger partial charge in [0.15, 0.2) is 0 Å². The Morgan fingerprint density at radius 3 is 2.81 bits per heavy atom. The van der Waals surface area contributed by atoms with Gasteiger partial charge in [-0.15, -0.1) is 0 Å². The molecule has 1 aromatic carbocycles. The van der Waals surface area contributed by atoms with E-state index in [1.54, 1.807) is 12.1 Å². The maximum atomic E-state index is 13.5. The van der Waals surface area contributed by atoms with Crippen LogP contribution >= 0.6 is 11.6 Å². The van der Waals surface area contributed by atoms with E-state index < -0.39 is 0 Å². The molecule has 0 spiro atoms. The molecule has 0 amide bonds. The van der Waals surface area contributed by atoms with Gasteiger partial charge in [0.25, 0.3) is 0 Å². The molecule has 2 N–H and O–H groups in total. The zero-order valence-corrected chi connectivity index (χ0v) is 10.5. The van der Waals surface area contributed by atoms with Crippen molar-refractivity contribution >= 4 is 17.3 Å². The Balaban J connectivity index is 2.65. The zero-order chi connectivity index (χ0) is 12.1. The first kappa shape index (κ1) is 13.3. The molecule has 1 rings (SSSR count). The number of hydrogen-bond donors (Lipinski definition) is 1. The van der Waals surface area contributed by atoms with Gasteiger partial charge in [0, 0.05) is 18.6 Å². The van der Waals surface area contributed by atoms with E-state index >= 15 is 0 Å². The van der Waals surface area contributed by atoms with Crippen molar-refractivity contribution in [1.82, 2.24) is 0 Å². The number of benzene rings is 1. The molecule has 0 saturated carbocycles. The molecule has 1 aromatic rings. The van der Waals surface area contributed by atoms with Crippen LogP contribution in [0.2, 0.25) is 5.02 Å². The summed E-state index contributed by atoms with van der Waals surface area (Å²) < 4.78 is 13.5. The van der Waals surface area contributed by atoms with Crippen molar-refractivity contribution in [3.63, 3.8) is 0 Å². The number of nitrogens with zero attached hydrogens (tertiary/aromatic N) is 1. The molecule has 2 nitrogen and oxygen atoms in total. The Bertz CT molecular complexity index is 344. The highest BCUT2D eigenvalue weighted by molar-refractivity contribution is 6.30. The standard InChI is InChI=1S/C12H18ClFN2/c1-9(8-15)5-6-16(2)12-7-10(13)3-4-11(12)14/h3-4,7,9H,5-6,8,15H2,1-2H3. The molecule has 0 aliphatic rings. The van der Waals surface area contributed by atoms with E-state index in [-0.39, 0.29) is 5.82 Å². The highest BCUT2D eigenvalue weighted by Crippen LogP contribution is 2.23. The van der Waals surface area contributed by atoms with Crippen molar-refractivity contribution in [3.05, 3.63) is 29.0 Å². The van der Waals surface area contributed by atoms with Crippen molar-refractivity contribution in [3.8, 4) is 0 Å². The van der Waals surface area contributed by atoms with Gasteiger partial charge < -0.3 is 10.6 Å². The number of rotatable bonds is 5. The molecular weight excluding hydrogens is 227 g/mol. The Hall–Kier alpha value is -0.800. The van der Waals surface area contributed by atoms with Crippen LogP contribution in [0.25, 0.3) is 0 Å². The average molecular weight is 245 g/mol. The molecule has 0 aliphatic heterocycles. The summed E-state index contributed by atoms with van der Waals surface area (Å²) in [6, 6.07) is 4.58. The number of anilines is 1. The predicted molar refractivity (Wildman–Crippen MR) is 67.5 cm³/mol. The third-order valence-electron chi connectivity index (χ3n) is 2.68. The van der Waals surface area contributed by atoms with Crippen LogP contribution in [0.15, 0.2) is 18.2 Å². The highest BCUT2D eigenvalue weighted by atomic mass is 35.5. The van der Waals surface area contributed by atoms with E-state index in [1.807, 2.05) is 11.9 Å². The fourth-order valence-electron chi connectivity index (χ4n) is 1.43. The molecule has 4 heteroatoms. The highest BCUT2D eigenvalue weighted by Gasteiger charge is 2.09. The lowest BCUT2D eigenvalue weighted by Crippen LogP contribution is -2.23. The van der Waals surface area contributed by atoms with E-state index in [2.05, 4.69) is 6.92 Å². The number of hydrogen-bond acceptors (Lipinski definition) is 2. The first-order valence-electron chi connectivity index (χ1n) is 5.41. The summed E-state index contributed by atoms with van der Waals surface area (Å²) >= 11 is 5.84. The van der Waals surface area contributed by atoms with E-state index in [0.717, 1.165) is 13.0 Å². The van der Waals surface area contributed by atoms with Gasteiger partial charge in [-0.1, -0.05) is 18.5 Å². The van der Waals surface area contributed by atoms with Gasteiger partial charge in [-0.25, -0.2) is 4.39 Å². The topological polar surface area (TPSA) is 29.3 Å². The number of halogens is 2. The zero-order valence-electron chi connectivity index (χ0n) is 9.71. The van der Waals surface area contributed by atoms with E-state index in [0.29, 0.717) is 23.2 Å². The second kappa shape index (κ2) is 6.06. The largest absolute Gasteiger partial charge is 0.372 e. The molecule has 16 heavy (non-hydrogen) atoms. The van der Waals surface area contributed by atoms with Crippen LogP contribution < -0.4 is 10.6 Å².